The van der Waals surface area contributed by atoms with Crippen molar-refractivity contribution in [2.45, 2.75) is 33.7 Å². The van der Waals surface area contributed by atoms with Gasteiger partial charge in [0.2, 0.25) is 0 Å². The van der Waals surface area contributed by atoms with Crippen LogP contribution in [0.25, 0.3) is 0 Å². The van der Waals surface area contributed by atoms with Gasteiger partial charge >= 0.3 is 5.97 Å². The van der Waals surface area contributed by atoms with Crippen molar-refractivity contribution < 1.29 is 9.53 Å². The first-order valence-corrected chi connectivity index (χ1v) is 9.21. The number of carbonyl (C=O) groups excluding carboxylic acids is 1. The van der Waals surface area contributed by atoms with E-state index >= 15 is 0 Å². The van der Waals surface area contributed by atoms with E-state index in [9.17, 15) is 4.79 Å². The van der Waals surface area contributed by atoms with Gasteiger partial charge in [0.1, 0.15) is 0 Å². The number of hydrogen-bond acceptors (Lipinski definition) is 3. The Hall–Kier alpha value is -2.11. The Kier molecular flexibility index (Phi) is 7.00. The molecular weight excluding hydrogens is 368 g/mol. The van der Waals surface area contributed by atoms with Crippen LogP contribution in [0.5, 0.6) is 0 Å². The first-order valence-electron chi connectivity index (χ1n) is 8.43. The summed E-state index contributed by atoms with van der Waals surface area (Å²) in [6, 6.07) is 11.4. The second kappa shape index (κ2) is 9.01. The van der Waals surface area contributed by atoms with Gasteiger partial charge in [0.05, 0.1) is 23.2 Å². The molecule has 0 saturated carbocycles. The van der Waals surface area contributed by atoms with E-state index < -0.39 is 5.97 Å². The summed E-state index contributed by atoms with van der Waals surface area (Å²) in [6.07, 6.45) is 0. The molecule has 138 valence electrons. The summed E-state index contributed by atoms with van der Waals surface area (Å²) >= 11 is 11.5. The van der Waals surface area contributed by atoms with E-state index in [0.29, 0.717) is 28.0 Å². The first kappa shape index (κ1) is 20.2. The van der Waals surface area contributed by atoms with E-state index in [4.69, 9.17) is 28.6 Å². The standard InChI is InChI=1S/C20H23ClN2O2S/c1-5-25-19(24)17-11-15(7-9-18(17)21)23-20(26)22-14(4)16-8-6-12(2)10-13(16)3/h6-11,14H,5H2,1-4H3,(H2,22,23,26)/t14-/m0/s1. The Morgan fingerprint density at radius 3 is 2.62 bits per heavy atom. The number of rotatable bonds is 5. The molecule has 2 aromatic carbocycles. The molecule has 0 fully saturated rings. The summed E-state index contributed by atoms with van der Waals surface area (Å²) < 4.78 is 5.01. The Labute approximate surface area is 164 Å². The van der Waals surface area contributed by atoms with Crippen LogP contribution in [0.4, 0.5) is 5.69 Å². The minimum atomic E-state index is -0.455. The highest BCUT2D eigenvalue weighted by molar-refractivity contribution is 7.80. The summed E-state index contributed by atoms with van der Waals surface area (Å²) in [4.78, 5) is 11.9. The van der Waals surface area contributed by atoms with Crippen molar-refractivity contribution in [3.63, 3.8) is 0 Å². The maximum absolute atomic E-state index is 11.9. The molecule has 4 nitrogen and oxygen atoms in total. The SMILES string of the molecule is CCOC(=O)c1cc(NC(=S)N[C@@H](C)c2ccc(C)cc2C)ccc1Cl. The number of benzene rings is 2. The van der Waals surface area contributed by atoms with Crippen LogP contribution in [0.15, 0.2) is 36.4 Å². The van der Waals surface area contributed by atoms with Crippen molar-refractivity contribution in [1.29, 1.82) is 0 Å². The van der Waals surface area contributed by atoms with Crippen LogP contribution in [-0.4, -0.2) is 17.7 Å². The summed E-state index contributed by atoms with van der Waals surface area (Å²) in [7, 11) is 0. The van der Waals surface area contributed by atoms with Crippen LogP contribution < -0.4 is 10.6 Å². The van der Waals surface area contributed by atoms with Crippen LogP contribution in [0.3, 0.4) is 0 Å². The van der Waals surface area contributed by atoms with Gasteiger partial charge in [-0.15, -0.1) is 0 Å². The summed E-state index contributed by atoms with van der Waals surface area (Å²) in [5.74, 6) is -0.455. The van der Waals surface area contributed by atoms with Crippen molar-refractivity contribution in [3.05, 3.63) is 63.7 Å². The zero-order valence-electron chi connectivity index (χ0n) is 15.4. The molecule has 0 aliphatic carbocycles. The van der Waals surface area contributed by atoms with E-state index in [-0.39, 0.29) is 6.04 Å². The van der Waals surface area contributed by atoms with Crippen molar-refractivity contribution in [3.8, 4) is 0 Å². The highest BCUT2D eigenvalue weighted by atomic mass is 35.5. The summed E-state index contributed by atoms with van der Waals surface area (Å²) in [6.45, 7) is 8.25. The van der Waals surface area contributed by atoms with E-state index in [1.165, 1.54) is 16.7 Å². The molecule has 0 heterocycles. The third kappa shape index (κ3) is 5.19. The third-order valence-corrected chi connectivity index (χ3v) is 4.51. The van der Waals surface area contributed by atoms with Crippen LogP contribution in [-0.2, 0) is 4.74 Å². The molecule has 0 aliphatic heterocycles. The lowest BCUT2D eigenvalue weighted by Gasteiger charge is -2.20. The van der Waals surface area contributed by atoms with Gasteiger partial charge in [-0.2, -0.15) is 0 Å². The van der Waals surface area contributed by atoms with Gasteiger partial charge in [0.25, 0.3) is 0 Å². The Balaban J connectivity index is 2.07. The topological polar surface area (TPSA) is 50.4 Å². The molecule has 2 aromatic rings. The number of aryl methyl sites for hydroxylation is 2. The molecule has 26 heavy (non-hydrogen) atoms. The quantitative estimate of drug-likeness (QED) is 0.544. The van der Waals surface area contributed by atoms with Crippen molar-refractivity contribution >= 4 is 40.6 Å². The number of anilines is 1. The Bertz CT molecular complexity index is 823. The molecule has 2 N–H and O–H groups in total. The second-order valence-electron chi connectivity index (χ2n) is 6.10. The third-order valence-electron chi connectivity index (χ3n) is 3.96. The lowest BCUT2D eigenvalue weighted by Crippen LogP contribution is -2.31. The number of halogens is 1. The largest absolute Gasteiger partial charge is 0.462 e. The van der Waals surface area contributed by atoms with Gasteiger partial charge < -0.3 is 15.4 Å². The van der Waals surface area contributed by atoms with Crippen molar-refractivity contribution in [2.24, 2.45) is 0 Å². The number of esters is 1. The minimum absolute atomic E-state index is 0.0485. The number of carbonyl (C=O) groups is 1. The van der Waals surface area contributed by atoms with Gasteiger partial charge in [-0.05, 0) is 69.2 Å². The molecule has 2 rings (SSSR count). The average Bonchev–Trinajstić information content (AvgIpc) is 2.56. The summed E-state index contributed by atoms with van der Waals surface area (Å²) in [5.41, 5.74) is 4.60. The zero-order valence-corrected chi connectivity index (χ0v) is 16.9. The predicted molar refractivity (Wildman–Crippen MR) is 111 cm³/mol. The molecule has 0 bridgehead atoms. The fourth-order valence-electron chi connectivity index (χ4n) is 2.72. The highest BCUT2D eigenvalue weighted by Crippen LogP contribution is 2.22. The van der Waals surface area contributed by atoms with Crippen LogP contribution >= 0.6 is 23.8 Å². The molecule has 6 heteroatoms. The molecule has 0 spiro atoms. The number of nitrogens with one attached hydrogen (secondary N) is 2. The second-order valence-corrected chi connectivity index (χ2v) is 6.91. The van der Waals surface area contributed by atoms with E-state index in [1.54, 1.807) is 25.1 Å². The van der Waals surface area contributed by atoms with Gasteiger partial charge in [-0.25, -0.2) is 4.79 Å². The van der Waals surface area contributed by atoms with Crippen LogP contribution in [0.2, 0.25) is 5.02 Å². The zero-order chi connectivity index (χ0) is 19.3. The normalized spacial score (nSPS) is 11.6. The van der Waals surface area contributed by atoms with Crippen molar-refractivity contribution in [2.75, 3.05) is 11.9 Å². The van der Waals surface area contributed by atoms with E-state index in [0.717, 1.165) is 0 Å². The molecule has 0 aliphatic rings. The lowest BCUT2D eigenvalue weighted by molar-refractivity contribution is 0.0526. The molecule has 0 aromatic heterocycles. The molecule has 0 saturated heterocycles. The minimum Gasteiger partial charge on any atom is -0.462 e. The first-order chi connectivity index (χ1) is 12.3. The number of thiocarbonyl (C=S) groups is 1. The van der Waals surface area contributed by atoms with E-state index in [1.807, 2.05) is 0 Å². The van der Waals surface area contributed by atoms with Crippen LogP contribution in [0.1, 0.15) is 46.9 Å². The average molecular weight is 391 g/mol. The van der Waals surface area contributed by atoms with Gasteiger partial charge in [-0.3, -0.25) is 0 Å². The molecule has 0 radical (unpaired) electrons. The monoisotopic (exact) mass is 390 g/mol. The highest BCUT2D eigenvalue weighted by Gasteiger charge is 2.14. The van der Waals surface area contributed by atoms with Gasteiger partial charge in [0.15, 0.2) is 5.11 Å². The number of hydrogen-bond donors (Lipinski definition) is 2. The lowest BCUT2D eigenvalue weighted by atomic mass is 10.0. The van der Waals surface area contributed by atoms with Gasteiger partial charge in [0, 0.05) is 5.69 Å². The maximum Gasteiger partial charge on any atom is 0.339 e. The summed E-state index contributed by atoms with van der Waals surface area (Å²) in [5, 5.41) is 7.17. The van der Waals surface area contributed by atoms with Crippen LogP contribution in [0, 0.1) is 13.8 Å². The predicted octanol–water partition coefficient (Wildman–Crippen LogP) is 5.18. The fourth-order valence-corrected chi connectivity index (χ4v) is 3.21. The molecule has 1 atom stereocenters. The molecule has 0 unspecified atom stereocenters. The van der Waals surface area contributed by atoms with Crippen molar-refractivity contribution in [1.82, 2.24) is 5.32 Å². The van der Waals surface area contributed by atoms with E-state index in [2.05, 4.69) is 49.6 Å². The smallest absolute Gasteiger partial charge is 0.339 e. The van der Waals surface area contributed by atoms with Gasteiger partial charge in [-0.1, -0.05) is 35.4 Å². The number of ether oxygens (including phenoxy) is 1. The molecular formula is C20H23ClN2O2S. The Morgan fingerprint density at radius 1 is 1.23 bits per heavy atom. The fraction of sp³-hybridized carbons (Fsp3) is 0.300. The Morgan fingerprint density at radius 2 is 1.96 bits per heavy atom. The maximum atomic E-state index is 11.9. The molecule has 0 amide bonds.